The van der Waals surface area contributed by atoms with E-state index in [0.29, 0.717) is 41.6 Å². The Morgan fingerprint density at radius 3 is 2.63 bits per heavy atom. The molecule has 10 heteroatoms. The third-order valence-electron chi connectivity index (χ3n) is 5.61. The molecular formula is C25H24N4O5S. The van der Waals surface area contributed by atoms with Crippen molar-refractivity contribution in [2.45, 2.75) is 19.0 Å². The lowest BCUT2D eigenvalue weighted by Gasteiger charge is -2.10. The maximum Gasteiger partial charge on any atom is 0.323 e. The van der Waals surface area contributed by atoms with E-state index >= 15 is 0 Å². The van der Waals surface area contributed by atoms with Crippen LogP contribution in [0.1, 0.15) is 32.8 Å². The lowest BCUT2D eigenvalue weighted by atomic mass is 10.1. The molecule has 4 N–H and O–H groups in total. The molecule has 0 amide bonds. The molecule has 1 atom stereocenters. The second-order valence-corrected chi connectivity index (χ2v) is 8.79. The zero-order chi connectivity index (χ0) is 24.9. The van der Waals surface area contributed by atoms with Crippen LogP contribution < -0.4 is 25.8 Å². The molecule has 0 spiro atoms. The molecule has 9 nitrogen and oxygen atoms in total. The van der Waals surface area contributed by atoms with E-state index in [2.05, 4.69) is 16.7 Å². The van der Waals surface area contributed by atoms with Crippen molar-refractivity contribution in [1.29, 1.82) is 5.26 Å². The van der Waals surface area contributed by atoms with Crippen LogP contribution in [0, 0.1) is 11.3 Å². The molecule has 180 valence electrons. The second-order valence-electron chi connectivity index (χ2n) is 7.77. The van der Waals surface area contributed by atoms with E-state index in [1.807, 2.05) is 24.3 Å². The summed E-state index contributed by atoms with van der Waals surface area (Å²) in [6.07, 6.45) is 0.665. The number of nitrogens with two attached hydrogens (primary N) is 1. The molecule has 2 aromatic carbocycles. The molecule has 1 aromatic heterocycles. The lowest BCUT2D eigenvalue weighted by Crippen LogP contribution is -2.32. The van der Waals surface area contributed by atoms with Crippen LogP contribution in [-0.4, -0.2) is 38.6 Å². The summed E-state index contributed by atoms with van der Waals surface area (Å²) in [5.41, 5.74) is 8.53. The first kappa shape index (κ1) is 24.1. The predicted octanol–water partition coefficient (Wildman–Crippen LogP) is 3.60. The number of cyclic esters (lactones) is 1. The van der Waals surface area contributed by atoms with Gasteiger partial charge in [-0.3, -0.25) is 9.59 Å². The van der Waals surface area contributed by atoms with Crippen molar-refractivity contribution in [3.63, 3.8) is 0 Å². The van der Waals surface area contributed by atoms with E-state index in [4.69, 9.17) is 19.9 Å². The van der Waals surface area contributed by atoms with Gasteiger partial charge in [-0.25, -0.2) is 0 Å². The van der Waals surface area contributed by atoms with Gasteiger partial charge in [-0.05, 0) is 35.9 Å². The van der Waals surface area contributed by atoms with E-state index in [1.54, 1.807) is 18.2 Å². The third kappa shape index (κ3) is 5.06. The zero-order valence-corrected chi connectivity index (χ0v) is 20.0. The standard InChI is InChI=1S/C25H24N4O5S/c1-32-16-7-8-20(33-2)17(11-16)22(30)23-21(27)18(12-26)24(35-23)29-15-5-3-14(4-6-15)13-28-19-9-10-34-25(19)31/h3-8,11,19,28-29H,9-10,13,27H2,1-2H3. The maximum absolute atomic E-state index is 13.3. The summed E-state index contributed by atoms with van der Waals surface area (Å²) in [4.78, 5) is 25.1. The molecule has 1 saturated heterocycles. The van der Waals surface area contributed by atoms with Crippen molar-refractivity contribution in [1.82, 2.24) is 5.32 Å². The van der Waals surface area contributed by atoms with E-state index in [-0.39, 0.29) is 33.9 Å². The molecular weight excluding hydrogens is 468 g/mol. The minimum absolute atomic E-state index is 0.110. The number of nitriles is 1. The van der Waals surface area contributed by atoms with Crippen LogP contribution in [0.4, 0.5) is 16.4 Å². The van der Waals surface area contributed by atoms with E-state index in [9.17, 15) is 14.9 Å². The lowest BCUT2D eigenvalue weighted by molar-refractivity contribution is -0.139. The molecule has 0 bridgehead atoms. The van der Waals surface area contributed by atoms with Crippen LogP contribution in [0.3, 0.4) is 0 Å². The molecule has 4 rings (SSSR count). The molecule has 35 heavy (non-hydrogen) atoms. The average molecular weight is 493 g/mol. The van der Waals surface area contributed by atoms with Crippen LogP contribution in [0.15, 0.2) is 42.5 Å². The first-order valence-corrected chi connectivity index (χ1v) is 11.6. The van der Waals surface area contributed by atoms with Gasteiger partial charge in [-0.15, -0.1) is 11.3 Å². The molecule has 0 aliphatic carbocycles. The Kier molecular flexibility index (Phi) is 7.19. The summed E-state index contributed by atoms with van der Waals surface area (Å²) >= 11 is 1.10. The first-order valence-electron chi connectivity index (χ1n) is 10.8. The van der Waals surface area contributed by atoms with Crippen molar-refractivity contribution < 1.29 is 23.8 Å². The summed E-state index contributed by atoms with van der Waals surface area (Å²) in [7, 11) is 2.98. The highest BCUT2D eigenvalue weighted by Gasteiger charge is 2.26. The van der Waals surface area contributed by atoms with Crippen molar-refractivity contribution in [2.24, 2.45) is 0 Å². The van der Waals surface area contributed by atoms with Gasteiger partial charge in [-0.2, -0.15) is 5.26 Å². The Labute approximate surface area is 206 Å². The molecule has 0 radical (unpaired) electrons. The molecule has 1 unspecified atom stereocenters. The number of hydrogen-bond acceptors (Lipinski definition) is 10. The highest BCUT2D eigenvalue weighted by atomic mass is 32.1. The minimum Gasteiger partial charge on any atom is -0.497 e. The molecule has 0 saturated carbocycles. The van der Waals surface area contributed by atoms with E-state index in [0.717, 1.165) is 22.6 Å². The number of anilines is 3. The van der Waals surface area contributed by atoms with Crippen LogP contribution in [0.25, 0.3) is 0 Å². The minimum atomic E-state index is -0.361. The number of nitrogens with zero attached hydrogens (tertiary/aromatic N) is 1. The van der Waals surface area contributed by atoms with Gasteiger partial charge in [0.25, 0.3) is 0 Å². The number of carbonyl (C=O) groups excluding carboxylic acids is 2. The van der Waals surface area contributed by atoms with E-state index < -0.39 is 0 Å². The second kappa shape index (κ2) is 10.5. The zero-order valence-electron chi connectivity index (χ0n) is 19.2. The quantitative estimate of drug-likeness (QED) is 0.302. The van der Waals surface area contributed by atoms with Crippen molar-refractivity contribution in [2.75, 3.05) is 31.9 Å². The summed E-state index contributed by atoms with van der Waals surface area (Å²) in [6, 6.07) is 14.3. The average Bonchev–Trinajstić information content (AvgIpc) is 3.44. The number of carbonyl (C=O) groups is 2. The van der Waals surface area contributed by atoms with Gasteiger partial charge in [0.1, 0.15) is 39.1 Å². The van der Waals surface area contributed by atoms with E-state index in [1.165, 1.54) is 14.2 Å². The van der Waals surface area contributed by atoms with Crippen molar-refractivity contribution in [3.8, 4) is 17.6 Å². The van der Waals surface area contributed by atoms with Gasteiger partial charge in [0.05, 0.1) is 32.1 Å². The Hall–Kier alpha value is -4.07. The van der Waals surface area contributed by atoms with Crippen LogP contribution >= 0.6 is 11.3 Å². The third-order valence-corrected chi connectivity index (χ3v) is 6.73. The van der Waals surface area contributed by atoms with Gasteiger partial charge in [-0.1, -0.05) is 12.1 Å². The number of nitrogen functional groups attached to an aromatic ring is 1. The van der Waals surface area contributed by atoms with Crippen molar-refractivity contribution >= 4 is 39.5 Å². The Balaban J connectivity index is 1.53. The number of rotatable bonds is 9. The monoisotopic (exact) mass is 492 g/mol. The Bertz CT molecular complexity index is 1300. The largest absolute Gasteiger partial charge is 0.497 e. The summed E-state index contributed by atoms with van der Waals surface area (Å²) in [5.74, 6) is 0.299. The van der Waals surface area contributed by atoms with Crippen LogP contribution in [-0.2, 0) is 16.1 Å². The fourth-order valence-corrected chi connectivity index (χ4v) is 4.73. The molecule has 3 aromatic rings. The summed E-state index contributed by atoms with van der Waals surface area (Å²) < 4.78 is 15.5. The number of ether oxygens (including phenoxy) is 3. The maximum atomic E-state index is 13.3. The molecule has 1 aliphatic rings. The van der Waals surface area contributed by atoms with Crippen molar-refractivity contribution in [3.05, 3.63) is 64.0 Å². The SMILES string of the molecule is COc1ccc(OC)c(C(=O)c2sc(Nc3ccc(CNC4CCOC4=O)cc3)c(C#N)c2N)c1. The van der Waals surface area contributed by atoms with Crippen LogP contribution in [0.5, 0.6) is 11.5 Å². The number of ketones is 1. The number of benzene rings is 2. The summed E-state index contributed by atoms with van der Waals surface area (Å²) in [5, 5.41) is 16.5. The highest BCUT2D eigenvalue weighted by molar-refractivity contribution is 7.19. The van der Waals surface area contributed by atoms with Gasteiger partial charge < -0.3 is 30.6 Å². The topological polar surface area (TPSA) is 136 Å². The van der Waals surface area contributed by atoms with Crippen LogP contribution in [0.2, 0.25) is 0 Å². The molecule has 1 aliphatic heterocycles. The number of methoxy groups -OCH3 is 2. The fourth-order valence-electron chi connectivity index (χ4n) is 3.68. The smallest absolute Gasteiger partial charge is 0.323 e. The number of thiophene rings is 1. The normalized spacial score (nSPS) is 14.8. The molecule has 1 fully saturated rings. The molecule has 2 heterocycles. The predicted molar refractivity (Wildman–Crippen MR) is 132 cm³/mol. The van der Waals surface area contributed by atoms with Gasteiger partial charge in [0.2, 0.25) is 5.78 Å². The van der Waals surface area contributed by atoms with Gasteiger partial charge >= 0.3 is 5.97 Å². The number of esters is 1. The Morgan fingerprint density at radius 2 is 2.00 bits per heavy atom. The summed E-state index contributed by atoms with van der Waals surface area (Å²) in [6.45, 7) is 0.968. The van der Waals surface area contributed by atoms with Gasteiger partial charge in [0.15, 0.2) is 0 Å². The van der Waals surface area contributed by atoms with Gasteiger partial charge in [0, 0.05) is 18.7 Å². The first-order chi connectivity index (χ1) is 16.9. The number of nitrogens with one attached hydrogen (secondary N) is 2. The Morgan fingerprint density at radius 1 is 1.23 bits per heavy atom. The number of hydrogen-bond donors (Lipinski definition) is 3. The highest BCUT2D eigenvalue weighted by Crippen LogP contribution is 2.39. The fraction of sp³-hybridized carbons (Fsp3) is 0.240.